The molecule has 2 aromatic carbocycles. The minimum atomic E-state index is -0.811. The number of nitrogens with one attached hydrogen (secondary N) is 2. The van der Waals surface area contributed by atoms with Gasteiger partial charge in [0.2, 0.25) is 11.8 Å². The molecule has 3 aromatic rings. The van der Waals surface area contributed by atoms with Crippen molar-refractivity contribution in [3.8, 4) is 11.1 Å². The molecule has 0 saturated carbocycles. The predicted molar refractivity (Wildman–Crippen MR) is 116 cm³/mol. The first-order chi connectivity index (χ1) is 15.0. The van der Waals surface area contributed by atoms with Gasteiger partial charge in [-0.15, -0.1) is 0 Å². The number of anilines is 2. The third-order valence-electron chi connectivity index (χ3n) is 4.85. The molecule has 0 saturated heterocycles. The highest BCUT2D eigenvalue weighted by atomic mass is 35.5. The van der Waals surface area contributed by atoms with E-state index in [9.17, 15) is 14.4 Å². The van der Waals surface area contributed by atoms with Crippen molar-refractivity contribution >= 4 is 40.9 Å². The zero-order chi connectivity index (χ0) is 22.0. The first kappa shape index (κ1) is 20.6. The first-order valence-corrected chi connectivity index (χ1v) is 10.1. The molecular weight excluding hydrogens is 420 g/mol. The van der Waals surface area contributed by atoms with Crippen LogP contribution < -0.4 is 10.6 Å². The van der Waals surface area contributed by atoms with Gasteiger partial charge < -0.3 is 15.4 Å². The van der Waals surface area contributed by atoms with Gasteiger partial charge in [-0.1, -0.05) is 23.7 Å². The van der Waals surface area contributed by atoms with Gasteiger partial charge in [-0.2, -0.15) is 5.10 Å². The average molecular weight is 439 g/mol. The second kappa shape index (κ2) is 8.61. The maximum Gasteiger partial charge on any atom is 0.338 e. The van der Waals surface area contributed by atoms with E-state index in [-0.39, 0.29) is 24.8 Å². The van der Waals surface area contributed by atoms with Gasteiger partial charge in [0, 0.05) is 16.3 Å². The van der Waals surface area contributed by atoms with Gasteiger partial charge in [0.1, 0.15) is 11.9 Å². The van der Waals surface area contributed by atoms with Crippen molar-refractivity contribution in [3.05, 3.63) is 65.3 Å². The van der Waals surface area contributed by atoms with Crippen LogP contribution in [0.2, 0.25) is 5.02 Å². The number of hydrogen-bond donors (Lipinski definition) is 2. The van der Waals surface area contributed by atoms with E-state index in [4.69, 9.17) is 16.3 Å². The lowest BCUT2D eigenvalue weighted by Gasteiger charge is -2.24. The molecule has 1 aliphatic heterocycles. The molecule has 1 aliphatic rings. The van der Waals surface area contributed by atoms with Crippen LogP contribution in [0.25, 0.3) is 11.1 Å². The lowest BCUT2D eigenvalue weighted by Crippen LogP contribution is -2.35. The Morgan fingerprint density at radius 2 is 1.90 bits per heavy atom. The number of carbonyl (C=O) groups is 3. The van der Waals surface area contributed by atoms with E-state index < -0.39 is 12.0 Å². The second-order valence-corrected chi connectivity index (χ2v) is 7.35. The van der Waals surface area contributed by atoms with Crippen molar-refractivity contribution in [1.82, 2.24) is 9.78 Å². The van der Waals surface area contributed by atoms with E-state index in [2.05, 4.69) is 15.7 Å². The van der Waals surface area contributed by atoms with E-state index in [0.29, 0.717) is 27.7 Å². The largest absolute Gasteiger partial charge is 0.462 e. The van der Waals surface area contributed by atoms with Gasteiger partial charge in [0.05, 0.1) is 24.8 Å². The minimum Gasteiger partial charge on any atom is -0.462 e. The van der Waals surface area contributed by atoms with Crippen molar-refractivity contribution in [2.45, 2.75) is 19.4 Å². The molecule has 2 N–H and O–H groups in total. The molecule has 0 radical (unpaired) electrons. The lowest BCUT2D eigenvalue weighted by atomic mass is 10.1. The first-order valence-electron chi connectivity index (χ1n) is 9.67. The Morgan fingerprint density at radius 3 is 2.58 bits per heavy atom. The van der Waals surface area contributed by atoms with Gasteiger partial charge in [-0.05, 0) is 48.9 Å². The third-order valence-corrected chi connectivity index (χ3v) is 5.10. The fourth-order valence-electron chi connectivity index (χ4n) is 3.34. The molecule has 31 heavy (non-hydrogen) atoms. The molecular formula is C22H19ClN4O4. The van der Waals surface area contributed by atoms with Gasteiger partial charge >= 0.3 is 5.97 Å². The number of rotatable bonds is 5. The zero-order valence-electron chi connectivity index (χ0n) is 16.6. The number of benzene rings is 2. The van der Waals surface area contributed by atoms with Crippen molar-refractivity contribution in [1.29, 1.82) is 0 Å². The van der Waals surface area contributed by atoms with E-state index in [1.54, 1.807) is 49.5 Å². The summed E-state index contributed by atoms with van der Waals surface area (Å²) in [6, 6.07) is 12.7. The number of fused-ring (bicyclic) bond motifs is 1. The Morgan fingerprint density at radius 1 is 1.19 bits per heavy atom. The molecule has 0 spiro atoms. The summed E-state index contributed by atoms with van der Waals surface area (Å²) in [4.78, 5) is 37.0. The summed E-state index contributed by atoms with van der Waals surface area (Å²) in [6.45, 7) is 2.01. The fraction of sp³-hybridized carbons (Fsp3) is 0.182. The molecule has 8 nitrogen and oxygen atoms in total. The molecule has 4 rings (SSSR count). The van der Waals surface area contributed by atoms with Gasteiger partial charge in [-0.3, -0.25) is 9.59 Å². The normalized spacial score (nSPS) is 15.0. The van der Waals surface area contributed by atoms with Crippen LogP contribution in [0.1, 0.15) is 29.7 Å². The minimum absolute atomic E-state index is 0.0402. The molecule has 0 fully saturated rings. The maximum atomic E-state index is 12.9. The SMILES string of the molecule is CCOC(=O)c1ccc(NC(=O)[C@H]2CC(=O)Nc3c(-c4ccc(Cl)cc4)cnn32)cc1. The van der Waals surface area contributed by atoms with Gasteiger partial charge in [0.15, 0.2) is 0 Å². The Kier molecular flexibility index (Phi) is 5.73. The topological polar surface area (TPSA) is 102 Å². The number of halogens is 1. The summed E-state index contributed by atoms with van der Waals surface area (Å²) in [5.41, 5.74) is 2.40. The summed E-state index contributed by atoms with van der Waals surface area (Å²) in [5.74, 6) is -0.636. The average Bonchev–Trinajstić information content (AvgIpc) is 3.18. The van der Waals surface area contributed by atoms with E-state index in [0.717, 1.165) is 5.56 Å². The molecule has 1 atom stereocenters. The quantitative estimate of drug-likeness (QED) is 0.588. The zero-order valence-corrected chi connectivity index (χ0v) is 17.3. The van der Waals surface area contributed by atoms with Crippen molar-refractivity contribution in [3.63, 3.8) is 0 Å². The highest BCUT2D eigenvalue weighted by Gasteiger charge is 2.33. The summed E-state index contributed by atoms with van der Waals surface area (Å²) in [7, 11) is 0. The highest BCUT2D eigenvalue weighted by Crippen LogP contribution is 2.34. The molecule has 1 aromatic heterocycles. The standard InChI is InChI=1S/C22H19ClN4O4/c1-2-31-22(30)14-5-9-16(10-6-14)25-21(29)18-11-19(28)26-20-17(12-24-27(18)20)13-3-7-15(23)8-4-13/h3-10,12,18H,2,11H2,1H3,(H,25,29)(H,26,28)/t18-/m1/s1. The van der Waals surface area contributed by atoms with E-state index in [1.165, 1.54) is 4.68 Å². The number of amides is 2. The molecule has 9 heteroatoms. The Hall–Kier alpha value is -3.65. The Labute approximate surface area is 183 Å². The lowest BCUT2D eigenvalue weighted by molar-refractivity contribution is -0.125. The fourth-order valence-corrected chi connectivity index (χ4v) is 3.47. The number of esters is 1. The molecule has 158 valence electrons. The van der Waals surface area contributed by atoms with Crippen molar-refractivity contribution in [2.75, 3.05) is 17.2 Å². The molecule has 0 aliphatic carbocycles. The Balaban J connectivity index is 1.55. The number of ether oxygens (including phenoxy) is 1. The number of aromatic nitrogens is 2. The van der Waals surface area contributed by atoms with Crippen LogP contribution in [-0.4, -0.2) is 34.2 Å². The van der Waals surface area contributed by atoms with Crippen LogP contribution in [0.5, 0.6) is 0 Å². The Bertz CT molecular complexity index is 1140. The van der Waals surface area contributed by atoms with Crippen molar-refractivity contribution in [2.24, 2.45) is 0 Å². The van der Waals surface area contributed by atoms with Crippen LogP contribution >= 0.6 is 11.6 Å². The van der Waals surface area contributed by atoms with Crippen LogP contribution in [0, 0.1) is 0 Å². The molecule has 0 unspecified atom stereocenters. The number of hydrogen-bond acceptors (Lipinski definition) is 5. The second-order valence-electron chi connectivity index (χ2n) is 6.91. The van der Waals surface area contributed by atoms with Crippen LogP contribution in [0.15, 0.2) is 54.7 Å². The van der Waals surface area contributed by atoms with Gasteiger partial charge in [-0.25, -0.2) is 9.48 Å². The summed E-state index contributed by atoms with van der Waals surface area (Å²) in [6.07, 6.45) is 1.57. The van der Waals surface area contributed by atoms with Crippen LogP contribution in [-0.2, 0) is 14.3 Å². The summed E-state index contributed by atoms with van der Waals surface area (Å²) >= 11 is 5.95. The predicted octanol–water partition coefficient (Wildman–Crippen LogP) is 3.90. The molecule has 2 amide bonds. The van der Waals surface area contributed by atoms with Crippen LogP contribution in [0.3, 0.4) is 0 Å². The number of nitrogens with zero attached hydrogens (tertiary/aromatic N) is 2. The summed E-state index contributed by atoms with van der Waals surface area (Å²) < 4.78 is 6.46. The monoisotopic (exact) mass is 438 g/mol. The molecule has 2 heterocycles. The third kappa shape index (κ3) is 4.29. The van der Waals surface area contributed by atoms with E-state index >= 15 is 0 Å². The number of carbonyl (C=O) groups excluding carboxylic acids is 3. The smallest absolute Gasteiger partial charge is 0.338 e. The van der Waals surface area contributed by atoms with Gasteiger partial charge in [0.25, 0.3) is 0 Å². The van der Waals surface area contributed by atoms with E-state index in [1.807, 2.05) is 12.1 Å². The van der Waals surface area contributed by atoms with Crippen molar-refractivity contribution < 1.29 is 19.1 Å². The maximum absolute atomic E-state index is 12.9. The molecule has 0 bridgehead atoms. The highest BCUT2D eigenvalue weighted by molar-refractivity contribution is 6.30. The summed E-state index contributed by atoms with van der Waals surface area (Å²) in [5, 5.41) is 10.5. The van der Waals surface area contributed by atoms with Crippen LogP contribution in [0.4, 0.5) is 11.5 Å².